The number of unbranched alkanes of at least 4 members (excludes halogenated alkanes) is 1. The molecule has 0 aromatic heterocycles. The topological polar surface area (TPSA) is 51.2 Å². The van der Waals surface area contributed by atoms with Gasteiger partial charge in [-0.2, -0.15) is 0 Å². The lowest BCUT2D eigenvalue weighted by molar-refractivity contribution is 0.102. The molecule has 0 spiro atoms. The minimum absolute atomic E-state index is 0.0616. The predicted octanol–water partition coefficient (Wildman–Crippen LogP) is 25.5. The van der Waals surface area contributed by atoms with Crippen LogP contribution in [0.1, 0.15) is 343 Å². The summed E-state index contributed by atoms with van der Waals surface area (Å²) < 4.78 is 0. The van der Waals surface area contributed by atoms with E-state index in [1.54, 1.807) is 0 Å². The fourth-order valence-corrected chi connectivity index (χ4v) is 14.4. The highest BCUT2D eigenvalue weighted by molar-refractivity contribution is 6.12. The maximum Gasteiger partial charge on any atom is 0.193 e. The zero-order chi connectivity index (χ0) is 68.7. The van der Waals surface area contributed by atoms with Crippen molar-refractivity contribution in [2.75, 3.05) is 0 Å². The number of benzene rings is 7. The molecule has 1 aliphatic carbocycles. The second-order valence-electron chi connectivity index (χ2n) is 32.5. The lowest BCUT2D eigenvalue weighted by atomic mass is 9.69. The number of aryl methyl sites for hydroxylation is 2. The van der Waals surface area contributed by atoms with Crippen LogP contribution >= 0.6 is 0 Å². The fourth-order valence-electron chi connectivity index (χ4n) is 14.4. The summed E-state index contributed by atoms with van der Waals surface area (Å²) in [5.41, 5.74) is 17.5. The molecule has 0 N–H and O–H groups in total. The first kappa shape index (κ1) is 75.6. The van der Waals surface area contributed by atoms with Crippen LogP contribution in [0.2, 0.25) is 0 Å². The second-order valence-corrected chi connectivity index (χ2v) is 32.5. The van der Waals surface area contributed by atoms with Crippen molar-refractivity contribution in [2.24, 2.45) is 29.1 Å². The van der Waals surface area contributed by atoms with Gasteiger partial charge >= 0.3 is 0 Å². The lowest BCUT2D eigenvalue weighted by Crippen LogP contribution is -2.26. The Balaban J connectivity index is 0.000000222. The maximum atomic E-state index is 13.9. The molecule has 1 aliphatic rings. The van der Waals surface area contributed by atoms with E-state index in [4.69, 9.17) is 0 Å². The first-order valence-electron chi connectivity index (χ1n) is 36.1. The van der Waals surface area contributed by atoms with Crippen LogP contribution in [0.4, 0.5) is 0 Å². The Labute approximate surface area is 567 Å². The molecule has 3 heteroatoms. The van der Waals surface area contributed by atoms with E-state index in [-0.39, 0.29) is 28.2 Å². The van der Waals surface area contributed by atoms with Crippen molar-refractivity contribution in [2.45, 2.75) is 263 Å². The summed E-state index contributed by atoms with van der Waals surface area (Å²) in [6.07, 6.45) is 11.7. The highest BCUT2D eigenvalue weighted by Gasteiger charge is 2.33. The van der Waals surface area contributed by atoms with Crippen molar-refractivity contribution in [3.63, 3.8) is 0 Å². The molecule has 4 atom stereocenters. The van der Waals surface area contributed by atoms with E-state index in [2.05, 4.69) is 255 Å². The standard InChI is InChI=1S/C32H38O.C31H46O.C27H38O/c1-21(2)27-13-9-10-14-29(27)32(33)31-20-26(17-18-28(31)22(3)4)25-16-15-23(5)30(19-25)24-11-7-6-8-12-24;1-21(2)20-31(10,23(5)6)18-17-24-15-16-28(30(7,8)9)27(19-24)29(32)26-14-12-11-13-25(26)22(3)4;1-19(2)12-8-9-13-21-16-17-25(27(5,6)7)24(18-21)26(28)23-15-11-10-14-22(23)20(3)4/h6-14,17-18,20-23,25,30H,15-16,19H2,1-5H3;11-16,19,21-23H,17-18,20H2,1-10H3;10-11,14-20H,8-9,12-13H2,1-7H3. The van der Waals surface area contributed by atoms with Crippen LogP contribution in [0.15, 0.2) is 158 Å². The molecule has 0 amide bonds. The SMILES string of the molecule is CC(C)CC(C)(CCc1ccc(C(C)(C)C)c(C(=O)c2ccccc2C(C)C)c1)C(C)C.CC(C)CCCCc1ccc(C(C)(C)C)c(C(=O)c2ccccc2C(C)C)c1.CC(C)c1ccccc1C(=O)c1cc(C2CCC(C)C(c3ccccc3)C2)ccc1C(C)C. The minimum atomic E-state index is -0.0829. The largest absolute Gasteiger partial charge is 0.289 e. The van der Waals surface area contributed by atoms with Crippen LogP contribution in [0.25, 0.3) is 0 Å². The van der Waals surface area contributed by atoms with Crippen molar-refractivity contribution in [1.29, 1.82) is 0 Å². The van der Waals surface area contributed by atoms with Gasteiger partial charge in [-0.05, 0) is 201 Å². The molecule has 3 nitrogen and oxygen atoms in total. The Morgan fingerprint density at radius 1 is 0.409 bits per heavy atom. The number of rotatable bonds is 23. The molecular weight excluding hydrogens is 1130 g/mol. The molecule has 1 saturated carbocycles. The monoisotopic (exact) mass is 1250 g/mol. The van der Waals surface area contributed by atoms with Crippen molar-refractivity contribution >= 4 is 17.3 Å². The average Bonchev–Trinajstić information content (AvgIpc) is 0.815. The van der Waals surface area contributed by atoms with Gasteiger partial charge in [0.2, 0.25) is 0 Å². The first-order valence-corrected chi connectivity index (χ1v) is 36.1. The van der Waals surface area contributed by atoms with E-state index < -0.39 is 0 Å². The Morgan fingerprint density at radius 2 is 0.828 bits per heavy atom. The fraction of sp³-hybridized carbons (Fsp3) is 0.500. The molecule has 0 bridgehead atoms. The van der Waals surface area contributed by atoms with E-state index in [1.165, 1.54) is 60.8 Å². The van der Waals surface area contributed by atoms with Gasteiger partial charge in [-0.25, -0.2) is 0 Å². The Morgan fingerprint density at radius 3 is 1.25 bits per heavy atom. The molecule has 4 unspecified atom stereocenters. The zero-order valence-electron chi connectivity index (χ0n) is 62.1. The van der Waals surface area contributed by atoms with Gasteiger partial charge in [-0.15, -0.1) is 0 Å². The lowest BCUT2D eigenvalue weighted by Gasteiger charge is -2.36. The van der Waals surface area contributed by atoms with E-state index in [0.29, 0.717) is 58.7 Å². The van der Waals surface area contributed by atoms with E-state index in [9.17, 15) is 14.4 Å². The Bertz CT molecular complexity index is 3530. The summed E-state index contributed by atoms with van der Waals surface area (Å²) in [5, 5.41) is 0. The van der Waals surface area contributed by atoms with Crippen LogP contribution in [-0.4, -0.2) is 17.3 Å². The minimum Gasteiger partial charge on any atom is -0.289 e. The van der Waals surface area contributed by atoms with Gasteiger partial charge < -0.3 is 0 Å². The van der Waals surface area contributed by atoms with Crippen LogP contribution in [0, 0.1) is 29.1 Å². The van der Waals surface area contributed by atoms with Crippen LogP contribution < -0.4 is 0 Å². The molecule has 1 fully saturated rings. The molecule has 93 heavy (non-hydrogen) atoms. The molecule has 0 aliphatic heterocycles. The molecule has 0 radical (unpaired) electrons. The van der Waals surface area contributed by atoms with Crippen molar-refractivity contribution in [1.82, 2.24) is 0 Å². The number of hydrogen-bond donors (Lipinski definition) is 0. The predicted molar refractivity (Wildman–Crippen MR) is 401 cm³/mol. The molecule has 500 valence electrons. The smallest absolute Gasteiger partial charge is 0.193 e. The van der Waals surface area contributed by atoms with Gasteiger partial charge in [-0.1, -0.05) is 305 Å². The highest BCUT2D eigenvalue weighted by Crippen LogP contribution is 2.46. The van der Waals surface area contributed by atoms with Gasteiger partial charge in [0, 0.05) is 33.4 Å². The summed E-state index contributed by atoms with van der Waals surface area (Å²) in [6.45, 7) is 49.2. The molecule has 0 heterocycles. The van der Waals surface area contributed by atoms with Crippen molar-refractivity contribution < 1.29 is 14.4 Å². The van der Waals surface area contributed by atoms with E-state index in [0.717, 1.165) is 98.4 Å². The first-order chi connectivity index (χ1) is 43.7. The summed E-state index contributed by atoms with van der Waals surface area (Å²) in [6, 6.07) is 55.3. The zero-order valence-corrected chi connectivity index (χ0v) is 62.1. The third-order valence-corrected chi connectivity index (χ3v) is 20.3. The molecular formula is C90H122O3. The van der Waals surface area contributed by atoms with Gasteiger partial charge in [0.25, 0.3) is 0 Å². The quantitative estimate of drug-likeness (QED) is 0.0474. The average molecular weight is 1250 g/mol. The van der Waals surface area contributed by atoms with Gasteiger partial charge in [0.1, 0.15) is 0 Å². The van der Waals surface area contributed by atoms with Crippen molar-refractivity contribution in [3.8, 4) is 0 Å². The number of hydrogen-bond acceptors (Lipinski definition) is 3. The van der Waals surface area contributed by atoms with Gasteiger partial charge in [0.05, 0.1) is 0 Å². The van der Waals surface area contributed by atoms with Crippen LogP contribution in [-0.2, 0) is 23.7 Å². The second kappa shape index (κ2) is 33.8. The summed E-state index contributed by atoms with van der Waals surface area (Å²) in [4.78, 5) is 41.3. The Hall–Kier alpha value is -6.45. The summed E-state index contributed by atoms with van der Waals surface area (Å²) in [5.74, 6) is 5.64. The molecule has 0 saturated heterocycles. The van der Waals surface area contributed by atoms with Gasteiger partial charge in [0.15, 0.2) is 17.3 Å². The third-order valence-electron chi connectivity index (χ3n) is 20.3. The molecule has 7 aromatic rings. The van der Waals surface area contributed by atoms with E-state index >= 15 is 0 Å². The molecule has 8 rings (SSSR count). The highest BCUT2D eigenvalue weighted by atomic mass is 16.1. The normalized spacial score (nSPS) is 15.9. The van der Waals surface area contributed by atoms with Crippen LogP contribution in [0.5, 0.6) is 0 Å². The van der Waals surface area contributed by atoms with Crippen LogP contribution in [0.3, 0.4) is 0 Å². The maximum absolute atomic E-state index is 13.9. The Kier molecular flexibility index (Phi) is 27.5. The van der Waals surface area contributed by atoms with E-state index in [1.807, 2.05) is 54.6 Å². The third kappa shape index (κ3) is 20.5. The summed E-state index contributed by atoms with van der Waals surface area (Å²) >= 11 is 0. The number of carbonyl (C=O) groups is 3. The number of ketones is 3. The summed E-state index contributed by atoms with van der Waals surface area (Å²) in [7, 11) is 0. The van der Waals surface area contributed by atoms with Crippen molar-refractivity contribution in [3.05, 3.63) is 247 Å². The molecule has 7 aromatic carbocycles. The van der Waals surface area contributed by atoms with Gasteiger partial charge in [-0.3, -0.25) is 14.4 Å². The number of carbonyl (C=O) groups excluding carboxylic acids is 3.